The van der Waals surface area contributed by atoms with Crippen LogP contribution in [0.2, 0.25) is 5.02 Å². The molecule has 2 atom stereocenters. The summed E-state index contributed by atoms with van der Waals surface area (Å²) in [6.45, 7) is 5.15. The van der Waals surface area contributed by atoms with Gasteiger partial charge in [0.05, 0.1) is 5.02 Å². The van der Waals surface area contributed by atoms with Gasteiger partial charge < -0.3 is 5.32 Å². The highest BCUT2D eigenvalue weighted by molar-refractivity contribution is 6.30. The smallest absolute Gasteiger partial charge is 0.146 e. The molecule has 0 amide bonds. The first kappa shape index (κ1) is 16.7. The van der Waals surface area contributed by atoms with E-state index in [2.05, 4.69) is 17.1 Å². The molecule has 2 nitrogen and oxygen atoms in total. The second-order valence-corrected chi connectivity index (χ2v) is 6.34. The van der Waals surface area contributed by atoms with Crippen molar-refractivity contribution in [3.8, 4) is 0 Å². The molecule has 2 unspecified atom stereocenters. The van der Waals surface area contributed by atoms with Crippen LogP contribution in [0.3, 0.4) is 0 Å². The van der Waals surface area contributed by atoms with Crippen molar-refractivity contribution in [2.45, 2.75) is 38.6 Å². The first-order valence-electron chi connectivity index (χ1n) is 8.01. The molecule has 0 saturated carbocycles. The number of hydrogen-bond donors (Lipinski definition) is 1. The fraction of sp³-hybridized carbons (Fsp3) is 0.647. The Kier molecular flexibility index (Phi) is 6.46. The minimum Gasteiger partial charge on any atom is -0.319 e. The Balaban J connectivity index is 2.39. The molecule has 1 fully saturated rings. The predicted octanol–water partition coefficient (Wildman–Crippen LogP) is 4.25. The summed E-state index contributed by atoms with van der Waals surface area (Å²) < 4.78 is 14.6. The molecule has 4 heteroatoms. The number of likely N-dealkylation sites (tertiary alicyclic amines) is 1. The summed E-state index contributed by atoms with van der Waals surface area (Å²) in [6, 6.07) is 5.53. The Morgan fingerprint density at radius 2 is 2.19 bits per heavy atom. The molecule has 0 spiro atoms. The van der Waals surface area contributed by atoms with Crippen LogP contribution in [0.15, 0.2) is 18.2 Å². The van der Waals surface area contributed by atoms with E-state index in [1.54, 1.807) is 6.07 Å². The quantitative estimate of drug-likeness (QED) is 0.874. The first-order valence-corrected chi connectivity index (χ1v) is 8.39. The number of nitrogens with zero attached hydrogens (tertiary/aromatic N) is 1. The molecule has 21 heavy (non-hydrogen) atoms. The van der Waals surface area contributed by atoms with Gasteiger partial charge in [0.1, 0.15) is 5.82 Å². The molecular weight excluding hydrogens is 287 g/mol. The van der Waals surface area contributed by atoms with Crippen LogP contribution in [0.5, 0.6) is 0 Å². The van der Waals surface area contributed by atoms with Gasteiger partial charge in [0.2, 0.25) is 0 Å². The molecule has 0 aliphatic carbocycles. The van der Waals surface area contributed by atoms with Crippen LogP contribution in [-0.4, -0.2) is 31.6 Å². The summed E-state index contributed by atoms with van der Waals surface area (Å²) >= 11 is 6.01. The van der Waals surface area contributed by atoms with E-state index in [0.717, 1.165) is 38.0 Å². The minimum absolute atomic E-state index is 0.124. The van der Waals surface area contributed by atoms with Gasteiger partial charge in [-0.2, -0.15) is 0 Å². The SMILES string of the molecule is CCCN1CCCCC(CNC)C1c1cccc(Cl)c1F. The molecular formula is C17H26ClFN2. The Labute approximate surface area is 132 Å². The first-order chi connectivity index (χ1) is 10.2. The molecule has 0 bridgehead atoms. The number of nitrogens with one attached hydrogen (secondary N) is 1. The van der Waals surface area contributed by atoms with E-state index in [4.69, 9.17) is 11.6 Å². The number of halogens is 2. The third kappa shape index (κ3) is 3.97. The van der Waals surface area contributed by atoms with Crippen LogP contribution in [0, 0.1) is 11.7 Å². The maximum atomic E-state index is 14.6. The second kappa shape index (κ2) is 8.11. The molecule has 0 aromatic heterocycles. The molecule has 1 aliphatic rings. The third-order valence-electron chi connectivity index (χ3n) is 4.39. The summed E-state index contributed by atoms with van der Waals surface area (Å²) in [7, 11) is 1.97. The molecule has 1 aromatic rings. The fourth-order valence-electron chi connectivity index (χ4n) is 3.53. The van der Waals surface area contributed by atoms with Gasteiger partial charge in [-0.15, -0.1) is 0 Å². The van der Waals surface area contributed by atoms with Crippen molar-refractivity contribution in [3.05, 3.63) is 34.6 Å². The zero-order chi connectivity index (χ0) is 15.2. The number of hydrogen-bond acceptors (Lipinski definition) is 2. The molecule has 1 N–H and O–H groups in total. The summed E-state index contributed by atoms with van der Waals surface area (Å²) in [5.41, 5.74) is 0.762. The summed E-state index contributed by atoms with van der Waals surface area (Å²) in [4.78, 5) is 2.45. The molecule has 118 valence electrons. The van der Waals surface area contributed by atoms with Crippen LogP contribution in [-0.2, 0) is 0 Å². The van der Waals surface area contributed by atoms with Crippen molar-refractivity contribution >= 4 is 11.6 Å². The summed E-state index contributed by atoms with van der Waals surface area (Å²) in [6.07, 6.45) is 4.63. The zero-order valence-corrected chi connectivity index (χ0v) is 13.8. The molecule has 1 heterocycles. The summed E-state index contributed by atoms with van der Waals surface area (Å²) in [5, 5.41) is 3.51. The minimum atomic E-state index is -0.242. The van der Waals surface area contributed by atoms with E-state index < -0.39 is 0 Å². The van der Waals surface area contributed by atoms with Crippen molar-refractivity contribution in [2.75, 3.05) is 26.7 Å². The van der Waals surface area contributed by atoms with Gasteiger partial charge in [-0.1, -0.05) is 37.1 Å². The number of rotatable bonds is 5. The highest BCUT2D eigenvalue weighted by Crippen LogP contribution is 2.37. The molecule has 1 aliphatic heterocycles. The molecule has 1 aromatic carbocycles. The van der Waals surface area contributed by atoms with Gasteiger partial charge in [0.25, 0.3) is 0 Å². The lowest BCUT2D eigenvalue weighted by Crippen LogP contribution is -2.37. The lowest BCUT2D eigenvalue weighted by molar-refractivity contribution is 0.151. The topological polar surface area (TPSA) is 15.3 Å². The standard InChI is InChI=1S/C17H26ClFN2/c1-3-10-21-11-5-4-7-13(12-20-2)17(21)14-8-6-9-15(18)16(14)19/h6,8-9,13,17,20H,3-5,7,10-12H2,1-2H3. The second-order valence-electron chi connectivity index (χ2n) is 5.94. The normalized spacial score (nSPS) is 24.0. The Hall–Kier alpha value is -0.640. The predicted molar refractivity (Wildman–Crippen MR) is 87.3 cm³/mol. The van der Waals surface area contributed by atoms with E-state index in [9.17, 15) is 4.39 Å². The van der Waals surface area contributed by atoms with Crippen LogP contribution >= 0.6 is 11.6 Å². The van der Waals surface area contributed by atoms with Crippen LogP contribution in [0.1, 0.15) is 44.2 Å². The average Bonchev–Trinajstić information content (AvgIpc) is 2.66. The van der Waals surface area contributed by atoms with E-state index in [-0.39, 0.29) is 16.9 Å². The Morgan fingerprint density at radius 1 is 1.38 bits per heavy atom. The lowest BCUT2D eigenvalue weighted by atomic mass is 9.88. The molecule has 0 radical (unpaired) electrons. The Morgan fingerprint density at radius 3 is 2.90 bits per heavy atom. The van der Waals surface area contributed by atoms with E-state index in [0.29, 0.717) is 5.92 Å². The lowest BCUT2D eigenvalue weighted by Gasteiger charge is -2.35. The van der Waals surface area contributed by atoms with Crippen molar-refractivity contribution in [2.24, 2.45) is 5.92 Å². The number of benzene rings is 1. The maximum Gasteiger partial charge on any atom is 0.146 e. The third-order valence-corrected chi connectivity index (χ3v) is 4.68. The van der Waals surface area contributed by atoms with Crippen molar-refractivity contribution in [3.63, 3.8) is 0 Å². The van der Waals surface area contributed by atoms with Crippen LogP contribution in [0.25, 0.3) is 0 Å². The fourth-order valence-corrected chi connectivity index (χ4v) is 3.71. The highest BCUT2D eigenvalue weighted by atomic mass is 35.5. The van der Waals surface area contributed by atoms with Crippen LogP contribution < -0.4 is 5.32 Å². The summed E-state index contributed by atoms with van der Waals surface area (Å²) in [5.74, 6) is 0.185. The monoisotopic (exact) mass is 312 g/mol. The van der Waals surface area contributed by atoms with E-state index in [1.807, 2.05) is 19.2 Å². The van der Waals surface area contributed by atoms with Gasteiger partial charge in [0.15, 0.2) is 0 Å². The van der Waals surface area contributed by atoms with Crippen molar-refractivity contribution in [1.82, 2.24) is 10.2 Å². The van der Waals surface area contributed by atoms with E-state index in [1.165, 1.54) is 12.8 Å². The van der Waals surface area contributed by atoms with Gasteiger partial charge in [-0.3, -0.25) is 4.90 Å². The molecule has 2 rings (SSSR count). The van der Waals surface area contributed by atoms with Crippen LogP contribution in [0.4, 0.5) is 4.39 Å². The Bertz CT molecular complexity index is 436. The van der Waals surface area contributed by atoms with Gasteiger partial charge >= 0.3 is 0 Å². The maximum absolute atomic E-state index is 14.6. The highest BCUT2D eigenvalue weighted by Gasteiger charge is 2.32. The van der Waals surface area contributed by atoms with Gasteiger partial charge in [0, 0.05) is 11.6 Å². The van der Waals surface area contributed by atoms with Crippen molar-refractivity contribution < 1.29 is 4.39 Å². The van der Waals surface area contributed by atoms with Gasteiger partial charge in [-0.05, 0) is 57.9 Å². The molecule has 1 saturated heterocycles. The zero-order valence-electron chi connectivity index (χ0n) is 13.0. The van der Waals surface area contributed by atoms with Gasteiger partial charge in [-0.25, -0.2) is 4.39 Å². The van der Waals surface area contributed by atoms with E-state index >= 15 is 0 Å². The van der Waals surface area contributed by atoms with Crippen molar-refractivity contribution in [1.29, 1.82) is 0 Å². The average molecular weight is 313 g/mol. The largest absolute Gasteiger partial charge is 0.319 e.